The minimum absolute atomic E-state index is 0.125. The molecule has 1 unspecified atom stereocenters. The molecule has 0 bridgehead atoms. The number of aliphatic hydroxyl groups excluding tert-OH is 2. The molecule has 0 spiro atoms. The second kappa shape index (κ2) is 7.98. The monoisotopic (exact) mass is 394 g/mol. The molecule has 7 heteroatoms. The molecular formula is C22H22N2O5. The molecule has 0 saturated carbocycles. The number of phenolic OH excluding ortho intramolecular Hbond substituents is 1. The number of hydrogen-bond acceptors (Lipinski definition) is 7. The molecule has 150 valence electrons. The Kier molecular flexibility index (Phi) is 5.24. The van der Waals surface area contributed by atoms with Crippen LogP contribution in [0.1, 0.15) is 5.56 Å². The Bertz CT molecular complexity index is 1040. The molecule has 4 rings (SSSR count). The zero-order chi connectivity index (χ0) is 20.4. The number of ether oxygens (including phenoxy) is 2. The van der Waals surface area contributed by atoms with Gasteiger partial charge in [0.2, 0.25) is 6.79 Å². The predicted octanol–water partition coefficient (Wildman–Crippen LogP) is 2.92. The van der Waals surface area contributed by atoms with Gasteiger partial charge in [0.1, 0.15) is 11.6 Å². The van der Waals surface area contributed by atoms with Crippen molar-refractivity contribution in [2.45, 2.75) is 13.0 Å². The van der Waals surface area contributed by atoms with E-state index in [0.717, 1.165) is 16.7 Å². The summed E-state index contributed by atoms with van der Waals surface area (Å²) in [7, 11) is 0. The number of hydrogen-bond donors (Lipinski definition) is 4. The average molecular weight is 394 g/mol. The van der Waals surface area contributed by atoms with E-state index in [9.17, 15) is 10.2 Å². The summed E-state index contributed by atoms with van der Waals surface area (Å²) in [6, 6.07) is 14.7. The molecule has 29 heavy (non-hydrogen) atoms. The predicted molar refractivity (Wildman–Crippen MR) is 109 cm³/mol. The number of pyridine rings is 1. The fraction of sp³-hybridized carbons (Fsp3) is 0.227. The van der Waals surface area contributed by atoms with Crippen LogP contribution in [0, 0.1) is 6.92 Å². The van der Waals surface area contributed by atoms with Gasteiger partial charge < -0.3 is 30.1 Å². The lowest BCUT2D eigenvalue weighted by atomic mass is 10.0. The molecule has 0 saturated heterocycles. The summed E-state index contributed by atoms with van der Waals surface area (Å²) in [6.45, 7) is 1.89. The van der Waals surface area contributed by atoms with Crippen LogP contribution in [0.2, 0.25) is 0 Å². The van der Waals surface area contributed by atoms with Crippen LogP contribution < -0.4 is 14.8 Å². The SMILES string of the molecule is Cc1ccc(O)c(-c2cc(-c3cccc4c3OCO4)cc(NCC(O)CO)n2)c1. The van der Waals surface area contributed by atoms with Crippen LogP contribution in [0.3, 0.4) is 0 Å². The van der Waals surface area contributed by atoms with E-state index < -0.39 is 6.10 Å². The molecule has 0 aliphatic carbocycles. The maximum Gasteiger partial charge on any atom is 0.231 e. The highest BCUT2D eigenvalue weighted by atomic mass is 16.7. The van der Waals surface area contributed by atoms with Crippen LogP contribution in [0.15, 0.2) is 48.5 Å². The van der Waals surface area contributed by atoms with Crippen LogP contribution in [0.4, 0.5) is 5.82 Å². The molecule has 1 aliphatic heterocycles. The molecule has 1 aromatic heterocycles. The van der Waals surface area contributed by atoms with E-state index in [1.54, 1.807) is 6.07 Å². The average Bonchev–Trinajstić information content (AvgIpc) is 3.22. The number of phenols is 1. The van der Waals surface area contributed by atoms with Crippen molar-refractivity contribution < 1.29 is 24.8 Å². The van der Waals surface area contributed by atoms with Crippen molar-refractivity contribution in [1.82, 2.24) is 4.98 Å². The van der Waals surface area contributed by atoms with Crippen molar-refractivity contribution in [2.24, 2.45) is 0 Å². The van der Waals surface area contributed by atoms with Crippen molar-refractivity contribution in [3.05, 3.63) is 54.1 Å². The summed E-state index contributed by atoms with van der Waals surface area (Å²) >= 11 is 0. The second-order valence-corrected chi connectivity index (χ2v) is 6.90. The van der Waals surface area contributed by atoms with Crippen molar-refractivity contribution in [3.8, 4) is 39.6 Å². The minimum atomic E-state index is -0.908. The number of rotatable bonds is 6. The Hall–Kier alpha value is -3.29. The third-order valence-electron chi connectivity index (χ3n) is 4.69. The molecule has 2 aromatic carbocycles. The highest BCUT2D eigenvalue weighted by Crippen LogP contribution is 2.42. The quantitative estimate of drug-likeness (QED) is 0.510. The summed E-state index contributed by atoms with van der Waals surface area (Å²) in [6.07, 6.45) is -0.908. The van der Waals surface area contributed by atoms with Gasteiger partial charge in [-0.1, -0.05) is 23.8 Å². The number of anilines is 1. The van der Waals surface area contributed by atoms with Gasteiger partial charge in [-0.2, -0.15) is 0 Å². The van der Waals surface area contributed by atoms with E-state index in [1.165, 1.54) is 0 Å². The topological polar surface area (TPSA) is 104 Å². The first-order chi connectivity index (χ1) is 14.0. The molecule has 4 N–H and O–H groups in total. The first-order valence-corrected chi connectivity index (χ1v) is 9.29. The minimum Gasteiger partial charge on any atom is -0.507 e. The lowest BCUT2D eigenvalue weighted by Gasteiger charge is -2.15. The second-order valence-electron chi connectivity index (χ2n) is 6.90. The molecule has 1 atom stereocenters. The smallest absolute Gasteiger partial charge is 0.231 e. The molecule has 3 aromatic rings. The third-order valence-corrected chi connectivity index (χ3v) is 4.69. The number of aliphatic hydroxyl groups is 2. The van der Waals surface area contributed by atoms with Gasteiger partial charge in [0.15, 0.2) is 11.5 Å². The molecule has 0 amide bonds. The van der Waals surface area contributed by atoms with Crippen LogP contribution in [-0.2, 0) is 0 Å². The number of para-hydroxylation sites is 1. The lowest BCUT2D eigenvalue weighted by Crippen LogP contribution is -2.23. The molecule has 0 fully saturated rings. The number of aromatic nitrogens is 1. The summed E-state index contributed by atoms with van der Waals surface area (Å²) in [4.78, 5) is 4.59. The fourth-order valence-electron chi connectivity index (χ4n) is 3.21. The number of aryl methyl sites for hydroxylation is 1. The van der Waals surface area contributed by atoms with Gasteiger partial charge in [-0.3, -0.25) is 0 Å². The highest BCUT2D eigenvalue weighted by molar-refractivity contribution is 5.81. The van der Waals surface area contributed by atoms with Crippen LogP contribution in [0.25, 0.3) is 22.4 Å². The van der Waals surface area contributed by atoms with E-state index in [2.05, 4.69) is 10.3 Å². The molecule has 0 radical (unpaired) electrons. The standard InChI is InChI=1S/C22H22N2O5/c1-13-5-6-19(27)17(7-13)18-8-14(9-21(24-18)23-10-15(26)11-25)16-3-2-4-20-22(16)29-12-28-20/h2-9,15,25-27H,10-12H2,1H3,(H,23,24). The first kappa shape index (κ1) is 19.0. The Morgan fingerprint density at radius 1 is 1.10 bits per heavy atom. The van der Waals surface area contributed by atoms with Crippen molar-refractivity contribution in [3.63, 3.8) is 0 Å². The summed E-state index contributed by atoms with van der Waals surface area (Å²) in [5, 5.41) is 32.2. The molecule has 2 heterocycles. The van der Waals surface area contributed by atoms with E-state index in [1.807, 2.05) is 49.4 Å². The molecule has 1 aliphatic rings. The molecule has 7 nitrogen and oxygen atoms in total. The van der Waals surface area contributed by atoms with E-state index in [-0.39, 0.29) is 25.7 Å². The largest absolute Gasteiger partial charge is 0.507 e. The number of fused-ring (bicyclic) bond motifs is 1. The zero-order valence-electron chi connectivity index (χ0n) is 15.9. The zero-order valence-corrected chi connectivity index (χ0v) is 15.9. The Labute approximate surface area is 168 Å². The van der Waals surface area contributed by atoms with E-state index in [4.69, 9.17) is 14.6 Å². The highest BCUT2D eigenvalue weighted by Gasteiger charge is 2.20. The summed E-state index contributed by atoms with van der Waals surface area (Å²) < 4.78 is 11.1. The van der Waals surface area contributed by atoms with Gasteiger partial charge in [0.05, 0.1) is 18.4 Å². The Morgan fingerprint density at radius 3 is 2.79 bits per heavy atom. The fourth-order valence-corrected chi connectivity index (χ4v) is 3.21. The van der Waals surface area contributed by atoms with E-state index in [0.29, 0.717) is 28.6 Å². The normalized spacial score (nSPS) is 13.3. The maximum atomic E-state index is 10.4. The van der Waals surface area contributed by atoms with Crippen LogP contribution >= 0.6 is 0 Å². The van der Waals surface area contributed by atoms with Crippen molar-refractivity contribution in [2.75, 3.05) is 25.3 Å². The Morgan fingerprint density at radius 2 is 1.97 bits per heavy atom. The van der Waals surface area contributed by atoms with Gasteiger partial charge in [-0.05, 0) is 42.8 Å². The molecular weight excluding hydrogens is 372 g/mol. The third kappa shape index (κ3) is 3.96. The first-order valence-electron chi connectivity index (χ1n) is 9.29. The maximum absolute atomic E-state index is 10.4. The van der Waals surface area contributed by atoms with Crippen molar-refractivity contribution in [1.29, 1.82) is 0 Å². The van der Waals surface area contributed by atoms with Gasteiger partial charge in [-0.25, -0.2) is 4.98 Å². The van der Waals surface area contributed by atoms with Gasteiger partial charge in [0.25, 0.3) is 0 Å². The number of nitrogens with zero attached hydrogens (tertiary/aromatic N) is 1. The lowest BCUT2D eigenvalue weighted by molar-refractivity contribution is 0.105. The van der Waals surface area contributed by atoms with Crippen LogP contribution in [-0.4, -0.2) is 46.4 Å². The Balaban J connectivity index is 1.83. The van der Waals surface area contributed by atoms with Crippen LogP contribution in [0.5, 0.6) is 17.2 Å². The van der Waals surface area contributed by atoms with Gasteiger partial charge in [0, 0.05) is 17.7 Å². The van der Waals surface area contributed by atoms with E-state index >= 15 is 0 Å². The van der Waals surface area contributed by atoms with Gasteiger partial charge >= 0.3 is 0 Å². The summed E-state index contributed by atoms with van der Waals surface area (Å²) in [5.41, 5.74) is 3.82. The van der Waals surface area contributed by atoms with Gasteiger partial charge in [-0.15, -0.1) is 0 Å². The summed E-state index contributed by atoms with van der Waals surface area (Å²) in [5.74, 6) is 1.95. The number of nitrogens with one attached hydrogen (secondary N) is 1. The number of aromatic hydroxyl groups is 1. The number of benzene rings is 2. The van der Waals surface area contributed by atoms with Crippen molar-refractivity contribution >= 4 is 5.82 Å².